The van der Waals surface area contributed by atoms with Gasteiger partial charge in [-0.15, -0.1) is 0 Å². The van der Waals surface area contributed by atoms with Crippen LogP contribution < -0.4 is 5.32 Å². The molecular weight excluding hydrogens is 266 g/mol. The van der Waals surface area contributed by atoms with Crippen LogP contribution in [-0.2, 0) is 6.54 Å². The highest BCUT2D eigenvalue weighted by Crippen LogP contribution is 2.22. The molecule has 0 atom stereocenters. The Morgan fingerprint density at radius 3 is 2.23 bits per heavy atom. The summed E-state index contributed by atoms with van der Waals surface area (Å²) in [6.07, 6.45) is 2.12. The summed E-state index contributed by atoms with van der Waals surface area (Å²) in [4.78, 5) is 0. The van der Waals surface area contributed by atoms with Crippen molar-refractivity contribution in [3.8, 4) is 0 Å². The first kappa shape index (κ1) is 18.0. The van der Waals surface area contributed by atoms with Crippen LogP contribution >= 0.6 is 0 Å². The molecule has 1 N–H and O–H groups in total. The third kappa shape index (κ3) is 4.49. The van der Waals surface area contributed by atoms with Gasteiger partial charge in [0.2, 0.25) is 0 Å². The van der Waals surface area contributed by atoms with Gasteiger partial charge in [0.25, 0.3) is 0 Å². The molecule has 1 aromatic rings. The van der Waals surface area contributed by atoms with E-state index in [9.17, 15) is 0 Å². The summed E-state index contributed by atoms with van der Waals surface area (Å²) in [5.41, 5.74) is 9.50. The average molecular weight is 295 g/mol. The molecule has 1 rings (SSSR count). The van der Waals surface area contributed by atoms with E-state index < -0.39 is 0 Å². The molecule has 0 aliphatic heterocycles. The Balaban J connectivity index is 2.77. The molecule has 0 heterocycles. The molecule has 0 bridgehead atoms. The van der Waals surface area contributed by atoms with E-state index in [0.717, 1.165) is 17.8 Å². The van der Waals surface area contributed by atoms with Gasteiger partial charge in [0.05, 0.1) is 0 Å². The Morgan fingerprint density at radius 1 is 1.05 bits per heavy atom. The van der Waals surface area contributed by atoms with Crippen LogP contribution in [0.3, 0.4) is 0 Å². The van der Waals surface area contributed by atoms with Crippen molar-refractivity contribution in [2.75, 3.05) is 0 Å². The van der Waals surface area contributed by atoms with Crippen molar-refractivity contribution < 1.29 is 0 Å². The maximum absolute atomic E-state index is 4.19. The summed E-state index contributed by atoms with van der Waals surface area (Å²) >= 11 is 0. The molecule has 1 heteroatoms. The van der Waals surface area contributed by atoms with Gasteiger partial charge in [-0.05, 0) is 75.0 Å². The third-order valence-corrected chi connectivity index (χ3v) is 4.48. The quantitative estimate of drug-likeness (QED) is 0.657. The van der Waals surface area contributed by atoms with E-state index in [2.05, 4.69) is 84.3 Å². The minimum Gasteiger partial charge on any atom is -0.381 e. The molecule has 1 nitrogen and oxygen atoms in total. The van der Waals surface area contributed by atoms with Crippen molar-refractivity contribution in [2.24, 2.45) is 0 Å². The van der Waals surface area contributed by atoms with E-state index in [1.165, 1.54) is 33.4 Å². The zero-order chi connectivity index (χ0) is 16.9. The Morgan fingerprint density at radius 2 is 1.68 bits per heavy atom. The molecule has 0 aliphatic carbocycles. The number of hydrogen-bond donors (Lipinski definition) is 1. The molecule has 0 amide bonds. The normalized spacial score (nSPS) is 12.7. The molecule has 1 aromatic carbocycles. The molecule has 0 aliphatic rings. The lowest BCUT2D eigenvalue weighted by Gasteiger charge is -2.16. The number of allylic oxidation sites excluding steroid dienone is 4. The SMILES string of the molecule is C=C(NCc1ccc(C)c(C)c1)C(=C)/C(C)=C(C)/C(C)=C\C. The molecule has 0 spiro atoms. The first-order chi connectivity index (χ1) is 10.3. The Hall–Kier alpha value is -2.02. The first-order valence-electron chi connectivity index (χ1n) is 7.77. The molecule has 0 fully saturated rings. The average Bonchev–Trinajstić information content (AvgIpc) is 2.52. The number of hydrogen-bond acceptors (Lipinski definition) is 1. The lowest BCUT2D eigenvalue weighted by molar-refractivity contribution is 0.823. The van der Waals surface area contributed by atoms with Crippen molar-refractivity contribution in [3.63, 3.8) is 0 Å². The number of aryl methyl sites for hydroxylation is 2. The van der Waals surface area contributed by atoms with E-state index >= 15 is 0 Å². The fourth-order valence-corrected chi connectivity index (χ4v) is 2.19. The lowest BCUT2D eigenvalue weighted by Crippen LogP contribution is -2.14. The van der Waals surface area contributed by atoms with Crippen LogP contribution in [0.25, 0.3) is 0 Å². The Labute approximate surface area is 136 Å². The van der Waals surface area contributed by atoms with Crippen molar-refractivity contribution in [3.05, 3.63) is 82.1 Å². The molecule has 0 aromatic heterocycles. The zero-order valence-electron chi connectivity index (χ0n) is 14.9. The van der Waals surface area contributed by atoms with Crippen LogP contribution in [0.5, 0.6) is 0 Å². The van der Waals surface area contributed by atoms with Crippen LogP contribution in [-0.4, -0.2) is 0 Å². The van der Waals surface area contributed by atoms with E-state index in [1.807, 2.05) is 0 Å². The number of benzene rings is 1. The number of rotatable bonds is 6. The second-order valence-electron chi connectivity index (χ2n) is 5.95. The largest absolute Gasteiger partial charge is 0.381 e. The van der Waals surface area contributed by atoms with Gasteiger partial charge in [0.15, 0.2) is 0 Å². The third-order valence-electron chi connectivity index (χ3n) is 4.48. The summed E-state index contributed by atoms with van der Waals surface area (Å²) in [5, 5.41) is 3.39. The Bertz CT molecular complexity index is 642. The predicted molar refractivity (Wildman–Crippen MR) is 98.8 cm³/mol. The van der Waals surface area contributed by atoms with Gasteiger partial charge in [0.1, 0.15) is 0 Å². The minimum atomic E-state index is 0.772. The molecule has 0 radical (unpaired) electrons. The summed E-state index contributed by atoms with van der Waals surface area (Å²) in [6.45, 7) is 21.8. The van der Waals surface area contributed by atoms with Gasteiger partial charge in [0, 0.05) is 12.2 Å². The van der Waals surface area contributed by atoms with Gasteiger partial charge >= 0.3 is 0 Å². The van der Waals surface area contributed by atoms with Crippen LogP contribution in [0, 0.1) is 13.8 Å². The van der Waals surface area contributed by atoms with Crippen molar-refractivity contribution in [2.45, 2.75) is 48.1 Å². The van der Waals surface area contributed by atoms with Gasteiger partial charge in [-0.25, -0.2) is 0 Å². The number of nitrogens with one attached hydrogen (secondary N) is 1. The molecular formula is C21H29N. The molecule has 22 heavy (non-hydrogen) atoms. The van der Waals surface area contributed by atoms with Crippen LogP contribution in [0.2, 0.25) is 0 Å². The molecule has 0 saturated carbocycles. The maximum atomic E-state index is 4.19. The second kappa shape index (κ2) is 7.84. The highest BCUT2D eigenvalue weighted by atomic mass is 14.9. The van der Waals surface area contributed by atoms with Gasteiger partial charge in [-0.3, -0.25) is 0 Å². The van der Waals surface area contributed by atoms with E-state index in [-0.39, 0.29) is 0 Å². The monoisotopic (exact) mass is 295 g/mol. The Kier molecular flexibility index (Phi) is 6.42. The van der Waals surface area contributed by atoms with Crippen LogP contribution in [0.4, 0.5) is 0 Å². The molecule has 0 saturated heterocycles. The molecule has 118 valence electrons. The first-order valence-corrected chi connectivity index (χ1v) is 7.77. The molecule has 0 unspecified atom stereocenters. The highest BCUT2D eigenvalue weighted by Gasteiger charge is 2.07. The van der Waals surface area contributed by atoms with Crippen LogP contribution in [0.15, 0.2) is 65.4 Å². The van der Waals surface area contributed by atoms with Crippen LogP contribution in [0.1, 0.15) is 44.4 Å². The summed E-state index contributed by atoms with van der Waals surface area (Å²) in [5.74, 6) is 0. The van der Waals surface area contributed by atoms with Crippen molar-refractivity contribution in [1.29, 1.82) is 0 Å². The van der Waals surface area contributed by atoms with Gasteiger partial charge in [-0.2, -0.15) is 0 Å². The zero-order valence-corrected chi connectivity index (χ0v) is 14.9. The second-order valence-corrected chi connectivity index (χ2v) is 5.95. The van der Waals surface area contributed by atoms with E-state index in [0.29, 0.717) is 0 Å². The van der Waals surface area contributed by atoms with E-state index in [1.54, 1.807) is 0 Å². The predicted octanol–water partition coefficient (Wildman–Crippen LogP) is 5.77. The minimum absolute atomic E-state index is 0.772. The van der Waals surface area contributed by atoms with Crippen molar-refractivity contribution >= 4 is 0 Å². The van der Waals surface area contributed by atoms with E-state index in [4.69, 9.17) is 0 Å². The summed E-state index contributed by atoms with van der Waals surface area (Å²) < 4.78 is 0. The standard InChI is InChI=1S/C21H29N/c1-9-14(2)17(5)18(6)19(7)20(8)22-13-21-11-10-15(3)16(4)12-21/h9-12,22H,7-8,13H2,1-6H3/b14-9-,18-17+. The lowest BCUT2D eigenvalue weighted by atomic mass is 9.97. The highest BCUT2D eigenvalue weighted by molar-refractivity contribution is 5.48. The topological polar surface area (TPSA) is 12.0 Å². The van der Waals surface area contributed by atoms with Gasteiger partial charge < -0.3 is 5.32 Å². The summed E-state index contributed by atoms with van der Waals surface area (Å²) in [6, 6.07) is 6.54. The smallest absolute Gasteiger partial charge is 0.0400 e. The fourth-order valence-electron chi connectivity index (χ4n) is 2.19. The fraction of sp³-hybridized carbons (Fsp3) is 0.333. The van der Waals surface area contributed by atoms with Crippen molar-refractivity contribution in [1.82, 2.24) is 5.32 Å². The summed E-state index contributed by atoms with van der Waals surface area (Å²) in [7, 11) is 0. The maximum Gasteiger partial charge on any atom is 0.0400 e. The van der Waals surface area contributed by atoms with Gasteiger partial charge in [-0.1, -0.05) is 43.0 Å².